The molecule has 1 rings (SSSR count). The van der Waals surface area contributed by atoms with Crippen LogP contribution in [0.25, 0.3) is 0 Å². The van der Waals surface area contributed by atoms with Crippen LogP contribution in [0.4, 0.5) is 0 Å². The third-order valence-electron chi connectivity index (χ3n) is 2.77. The fraction of sp³-hybridized carbons (Fsp3) is 1.00. The highest BCUT2D eigenvalue weighted by Gasteiger charge is 2.46. The zero-order valence-electron chi connectivity index (χ0n) is 7.05. The monoisotopic (exact) mass is 143 g/mol. The van der Waals surface area contributed by atoms with E-state index < -0.39 is 0 Å². The van der Waals surface area contributed by atoms with E-state index in [4.69, 9.17) is 10.5 Å². The van der Waals surface area contributed by atoms with Crippen LogP contribution in [0.1, 0.15) is 20.3 Å². The summed E-state index contributed by atoms with van der Waals surface area (Å²) in [6.07, 6.45) is 1.28. The Labute approximate surface area is 62.7 Å². The molecule has 2 heteroatoms. The quantitative estimate of drug-likeness (QED) is 0.640. The molecular weight excluding hydrogens is 126 g/mol. The second-order valence-corrected chi connectivity index (χ2v) is 3.54. The smallest absolute Gasteiger partial charge is 0.0802 e. The summed E-state index contributed by atoms with van der Waals surface area (Å²) in [6.45, 7) is 4.98. The lowest BCUT2D eigenvalue weighted by Gasteiger charge is -2.26. The fourth-order valence-corrected chi connectivity index (χ4v) is 1.56. The van der Waals surface area contributed by atoms with Crippen LogP contribution in [0.2, 0.25) is 0 Å². The first kappa shape index (κ1) is 8.02. The van der Waals surface area contributed by atoms with Crippen molar-refractivity contribution < 1.29 is 4.74 Å². The van der Waals surface area contributed by atoms with E-state index in [0.717, 1.165) is 5.92 Å². The molecular formula is C8H17NO. The Morgan fingerprint density at radius 3 is 2.30 bits per heavy atom. The third kappa shape index (κ3) is 1.18. The summed E-state index contributed by atoms with van der Waals surface area (Å²) in [5.74, 6) is 1.51. The maximum Gasteiger partial charge on any atom is 0.0802 e. The highest BCUT2D eigenvalue weighted by molar-refractivity contribution is 4.98. The number of hydrogen-bond acceptors (Lipinski definition) is 2. The predicted molar refractivity (Wildman–Crippen MR) is 41.7 cm³/mol. The van der Waals surface area contributed by atoms with Gasteiger partial charge in [0.05, 0.1) is 5.60 Å². The molecule has 2 nitrogen and oxygen atoms in total. The minimum atomic E-state index is -0.0561. The second kappa shape index (κ2) is 2.51. The van der Waals surface area contributed by atoms with Crippen LogP contribution in [0.5, 0.6) is 0 Å². The Morgan fingerprint density at radius 2 is 2.20 bits per heavy atom. The molecule has 10 heavy (non-hydrogen) atoms. The van der Waals surface area contributed by atoms with Gasteiger partial charge in [-0.1, -0.05) is 6.92 Å². The summed E-state index contributed by atoms with van der Waals surface area (Å²) < 4.78 is 5.36. The van der Waals surface area contributed by atoms with Crippen molar-refractivity contribution in [2.24, 2.45) is 17.6 Å². The minimum Gasteiger partial charge on any atom is -0.377 e. The highest BCUT2D eigenvalue weighted by atomic mass is 16.5. The van der Waals surface area contributed by atoms with Gasteiger partial charge in [-0.05, 0) is 25.2 Å². The molecule has 0 aromatic heterocycles. The molecule has 0 aromatic rings. The number of hydrogen-bond donors (Lipinski definition) is 1. The normalized spacial score (nSPS) is 37.2. The Bertz CT molecular complexity index is 120. The van der Waals surface area contributed by atoms with E-state index in [0.29, 0.717) is 12.5 Å². The molecule has 1 fully saturated rings. The van der Waals surface area contributed by atoms with E-state index in [1.807, 2.05) is 0 Å². The Morgan fingerprint density at radius 1 is 1.70 bits per heavy atom. The average Bonchev–Trinajstić information content (AvgIpc) is 2.66. The SMILES string of the molecule is COC(C)(CN)C1CC1C. The van der Waals surface area contributed by atoms with E-state index >= 15 is 0 Å². The summed E-state index contributed by atoms with van der Waals surface area (Å²) in [4.78, 5) is 0. The van der Waals surface area contributed by atoms with Crippen LogP contribution in [0.15, 0.2) is 0 Å². The first-order valence-corrected chi connectivity index (χ1v) is 3.89. The standard InChI is InChI=1S/C8H17NO/c1-6-4-7(6)8(2,5-9)10-3/h6-7H,4-5,9H2,1-3H3. The van der Waals surface area contributed by atoms with Crippen LogP contribution < -0.4 is 5.73 Å². The van der Waals surface area contributed by atoms with Crippen LogP contribution >= 0.6 is 0 Å². The molecule has 1 aliphatic carbocycles. The Kier molecular flexibility index (Phi) is 2.02. The Balaban J connectivity index is 2.48. The molecule has 3 unspecified atom stereocenters. The molecule has 0 spiro atoms. The molecule has 2 N–H and O–H groups in total. The van der Waals surface area contributed by atoms with Crippen molar-refractivity contribution in [2.45, 2.75) is 25.9 Å². The summed E-state index contributed by atoms with van der Waals surface area (Å²) in [6, 6.07) is 0. The molecule has 0 saturated heterocycles. The van der Waals surface area contributed by atoms with Crippen molar-refractivity contribution in [2.75, 3.05) is 13.7 Å². The van der Waals surface area contributed by atoms with Gasteiger partial charge in [-0.3, -0.25) is 0 Å². The van der Waals surface area contributed by atoms with Gasteiger partial charge >= 0.3 is 0 Å². The van der Waals surface area contributed by atoms with Crippen molar-refractivity contribution >= 4 is 0 Å². The topological polar surface area (TPSA) is 35.2 Å². The molecule has 0 radical (unpaired) electrons. The van der Waals surface area contributed by atoms with Gasteiger partial charge in [0.25, 0.3) is 0 Å². The summed E-state index contributed by atoms with van der Waals surface area (Å²) >= 11 is 0. The van der Waals surface area contributed by atoms with Crippen LogP contribution in [-0.2, 0) is 4.74 Å². The number of nitrogens with two attached hydrogens (primary N) is 1. The van der Waals surface area contributed by atoms with Gasteiger partial charge in [0.2, 0.25) is 0 Å². The maximum atomic E-state index is 5.60. The third-order valence-corrected chi connectivity index (χ3v) is 2.77. The van der Waals surface area contributed by atoms with Crippen LogP contribution in [0.3, 0.4) is 0 Å². The molecule has 0 heterocycles. The zero-order chi connectivity index (χ0) is 7.78. The van der Waals surface area contributed by atoms with Crippen molar-refractivity contribution in [1.29, 1.82) is 0 Å². The lowest BCUT2D eigenvalue weighted by atomic mass is 9.99. The second-order valence-electron chi connectivity index (χ2n) is 3.54. The van der Waals surface area contributed by atoms with Crippen molar-refractivity contribution in [3.63, 3.8) is 0 Å². The lowest BCUT2D eigenvalue weighted by Crippen LogP contribution is -2.39. The lowest BCUT2D eigenvalue weighted by molar-refractivity contribution is -0.00880. The van der Waals surface area contributed by atoms with Gasteiger partial charge in [-0.2, -0.15) is 0 Å². The zero-order valence-corrected chi connectivity index (χ0v) is 7.05. The van der Waals surface area contributed by atoms with Gasteiger partial charge in [-0.15, -0.1) is 0 Å². The van der Waals surface area contributed by atoms with Gasteiger partial charge in [-0.25, -0.2) is 0 Å². The maximum absolute atomic E-state index is 5.60. The summed E-state index contributed by atoms with van der Waals surface area (Å²) in [7, 11) is 1.75. The molecule has 0 aliphatic heterocycles. The molecule has 3 atom stereocenters. The largest absolute Gasteiger partial charge is 0.377 e. The first-order chi connectivity index (χ1) is 4.64. The first-order valence-electron chi connectivity index (χ1n) is 3.89. The molecule has 0 bridgehead atoms. The van der Waals surface area contributed by atoms with E-state index in [-0.39, 0.29) is 5.60 Å². The summed E-state index contributed by atoms with van der Waals surface area (Å²) in [5.41, 5.74) is 5.54. The van der Waals surface area contributed by atoms with E-state index in [2.05, 4.69) is 13.8 Å². The fourth-order valence-electron chi connectivity index (χ4n) is 1.56. The highest BCUT2D eigenvalue weighted by Crippen LogP contribution is 2.46. The Hall–Kier alpha value is -0.0800. The van der Waals surface area contributed by atoms with Gasteiger partial charge < -0.3 is 10.5 Å². The van der Waals surface area contributed by atoms with E-state index in [9.17, 15) is 0 Å². The van der Waals surface area contributed by atoms with E-state index in [1.165, 1.54) is 6.42 Å². The van der Waals surface area contributed by atoms with Crippen molar-refractivity contribution in [1.82, 2.24) is 0 Å². The molecule has 1 saturated carbocycles. The molecule has 1 aliphatic rings. The van der Waals surface area contributed by atoms with E-state index in [1.54, 1.807) is 7.11 Å². The van der Waals surface area contributed by atoms with Crippen molar-refractivity contribution in [3.05, 3.63) is 0 Å². The molecule has 0 amide bonds. The number of methoxy groups -OCH3 is 1. The summed E-state index contributed by atoms with van der Waals surface area (Å²) in [5, 5.41) is 0. The van der Waals surface area contributed by atoms with Crippen molar-refractivity contribution in [3.8, 4) is 0 Å². The number of ether oxygens (including phenoxy) is 1. The predicted octanol–water partition coefficient (Wildman–Crippen LogP) is 1.01. The van der Waals surface area contributed by atoms with Gasteiger partial charge in [0.15, 0.2) is 0 Å². The minimum absolute atomic E-state index is 0.0561. The van der Waals surface area contributed by atoms with Gasteiger partial charge in [0.1, 0.15) is 0 Å². The van der Waals surface area contributed by atoms with Gasteiger partial charge in [0, 0.05) is 13.7 Å². The number of rotatable bonds is 3. The van der Waals surface area contributed by atoms with Crippen LogP contribution in [0, 0.1) is 11.8 Å². The molecule has 60 valence electrons. The molecule has 0 aromatic carbocycles. The van der Waals surface area contributed by atoms with Crippen LogP contribution in [-0.4, -0.2) is 19.3 Å². The average molecular weight is 143 g/mol.